The average molecular weight is 347 g/mol. The van der Waals surface area contributed by atoms with Crippen LogP contribution in [0.4, 0.5) is 0 Å². The maximum Gasteiger partial charge on any atom is 0.225 e. The maximum absolute atomic E-state index is 12.4. The molecule has 4 rings (SSSR count). The molecule has 2 heterocycles. The molecular weight excluding hydrogens is 326 g/mol. The van der Waals surface area contributed by atoms with Gasteiger partial charge in [-0.25, -0.2) is 8.42 Å². The van der Waals surface area contributed by atoms with Crippen molar-refractivity contribution < 1.29 is 17.6 Å². The Morgan fingerprint density at radius 2 is 2.04 bits per heavy atom. The lowest BCUT2D eigenvalue weighted by Gasteiger charge is -2.23. The fourth-order valence-electron chi connectivity index (χ4n) is 3.95. The van der Waals surface area contributed by atoms with Crippen LogP contribution in [0.5, 0.6) is 0 Å². The molecule has 2 aliphatic rings. The van der Waals surface area contributed by atoms with E-state index in [-0.39, 0.29) is 23.8 Å². The molecule has 1 N–H and O–H groups in total. The van der Waals surface area contributed by atoms with Crippen LogP contribution in [0, 0.1) is 0 Å². The first-order valence-electron chi connectivity index (χ1n) is 8.37. The minimum absolute atomic E-state index is 0.0192. The predicted octanol–water partition coefficient (Wildman–Crippen LogP) is 2.16. The summed E-state index contributed by atoms with van der Waals surface area (Å²) in [5, 5.41) is 3.90. The zero-order valence-corrected chi connectivity index (χ0v) is 14.5. The number of sulfone groups is 1. The molecule has 1 amide bonds. The third-order valence-corrected chi connectivity index (χ3v) is 7.07. The molecule has 1 aromatic carbocycles. The molecule has 0 unspecified atom stereocenters. The third-order valence-electron chi connectivity index (χ3n) is 5.16. The van der Waals surface area contributed by atoms with Gasteiger partial charge in [-0.05, 0) is 55.9 Å². The molecule has 1 aromatic heterocycles. The number of amides is 1. The fourth-order valence-corrected chi connectivity index (χ4v) is 6.04. The van der Waals surface area contributed by atoms with E-state index in [1.165, 1.54) is 17.5 Å². The number of rotatable bonds is 3. The topological polar surface area (TPSA) is 76.4 Å². The number of carbonyl (C=O) groups is 1. The monoisotopic (exact) mass is 347 g/mol. The van der Waals surface area contributed by atoms with Crippen molar-refractivity contribution in [3.8, 4) is 0 Å². The van der Waals surface area contributed by atoms with Crippen molar-refractivity contribution in [1.29, 1.82) is 0 Å². The molecule has 5 nitrogen and oxygen atoms in total. The van der Waals surface area contributed by atoms with Crippen LogP contribution in [0.25, 0.3) is 11.0 Å². The minimum Gasteiger partial charge on any atom is -0.464 e. The molecule has 1 aliphatic carbocycles. The second-order valence-electron chi connectivity index (χ2n) is 7.36. The highest BCUT2D eigenvalue weighted by molar-refractivity contribution is 7.91. The molecule has 24 heavy (non-hydrogen) atoms. The summed E-state index contributed by atoms with van der Waals surface area (Å²) in [6, 6.07) is 4.23. The van der Waals surface area contributed by atoms with E-state index in [2.05, 4.69) is 17.4 Å². The van der Waals surface area contributed by atoms with Gasteiger partial charge >= 0.3 is 0 Å². The summed E-state index contributed by atoms with van der Waals surface area (Å²) >= 11 is 0. The first-order valence-corrected chi connectivity index (χ1v) is 10.2. The van der Waals surface area contributed by atoms with Crippen molar-refractivity contribution in [2.24, 2.45) is 0 Å². The summed E-state index contributed by atoms with van der Waals surface area (Å²) < 4.78 is 29.0. The number of aryl methyl sites for hydroxylation is 2. The summed E-state index contributed by atoms with van der Waals surface area (Å²) in [6.45, 7) is 1.80. The van der Waals surface area contributed by atoms with Crippen molar-refractivity contribution in [1.82, 2.24) is 5.32 Å². The number of fused-ring (bicyclic) bond motifs is 2. The van der Waals surface area contributed by atoms with Gasteiger partial charge in [0.2, 0.25) is 5.91 Å². The Balaban J connectivity index is 1.53. The summed E-state index contributed by atoms with van der Waals surface area (Å²) in [5.41, 5.74) is 3.72. The summed E-state index contributed by atoms with van der Waals surface area (Å²) in [5.74, 6) is 0.00782. The Labute approximate surface area is 141 Å². The molecule has 0 saturated carbocycles. The highest BCUT2D eigenvalue weighted by Crippen LogP contribution is 2.31. The van der Waals surface area contributed by atoms with Crippen molar-refractivity contribution in [2.45, 2.75) is 44.6 Å². The molecule has 1 atom stereocenters. The van der Waals surface area contributed by atoms with Crippen molar-refractivity contribution in [3.63, 3.8) is 0 Å². The van der Waals surface area contributed by atoms with Crippen molar-refractivity contribution in [2.75, 3.05) is 11.5 Å². The van der Waals surface area contributed by atoms with Gasteiger partial charge in [0.05, 0.1) is 29.7 Å². The smallest absolute Gasteiger partial charge is 0.225 e. The maximum atomic E-state index is 12.4. The van der Waals surface area contributed by atoms with Crippen LogP contribution in [-0.4, -0.2) is 31.4 Å². The van der Waals surface area contributed by atoms with Gasteiger partial charge in [0, 0.05) is 10.9 Å². The second kappa shape index (κ2) is 5.34. The van der Waals surface area contributed by atoms with Gasteiger partial charge in [-0.15, -0.1) is 0 Å². The number of nitrogens with one attached hydrogen (secondary N) is 1. The van der Waals surface area contributed by atoms with Crippen molar-refractivity contribution in [3.05, 3.63) is 35.1 Å². The highest BCUT2D eigenvalue weighted by Gasteiger charge is 2.39. The Hall–Kier alpha value is -1.82. The molecule has 0 spiro atoms. The summed E-state index contributed by atoms with van der Waals surface area (Å²) in [4.78, 5) is 12.4. The Morgan fingerprint density at radius 3 is 2.75 bits per heavy atom. The predicted molar refractivity (Wildman–Crippen MR) is 91.8 cm³/mol. The first kappa shape index (κ1) is 15.7. The lowest BCUT2D eigenvalue weighted by molar-refractivity contribution is -0.121. The first-order chi connectivity index (χ1) is 11.3. The van der Waals surface area contributed by atoms with E-state index >= 15 is 0 Å². The Morgan fingerprint density at radius 1 is 1.29 bits per heavy atom. The Bertz CT molecular complexity index is 928. The van der Waals surface area contributed by atoms with Crippen LogP contribution in [0.15, 0.2) is 22.8 Å². The molecular formula is C18H21NO4S. The van der Waals surface area contributed by atoms with Gasteiger partial charge in [0.25, 0.3) is 0 Å². The van der Waals surface area contributed by atoms with E-state index in [0.717, 1.165) is 29.4 Å². The van der Waals surface area contributed by atoms with Gasteiger partial charge in [0.15, 0.2) is 9.84 Å². The zero-order valence-electron chi connectivity index (χ0n) is 13.7. The summed E-state index contributed by atoms with van der Waals surface area (Å²) in [7, 11) is -3.04. The number of furan rings is 1. The molecule has 1 aliphatic heterocycles. The van der Waals surface area contributed by atoms with Crippen LogP contribution in [0.1, 0.15) is 36.5 Å². The largest absolute Gasteiger partial charge is 0.464 e. The van der Waals surface area contributed by atoms with Crippen LogP contribution < -0.4 is 5.32 Å². The average Bonchev–Trinajstić information content (AvgIpc) is 3.15. The van der Waals surface area contributed by atoms with Crippen LogP contribution in [0.2, 0.25) is 0 Å². The third kappa shape index (κ3) is 2.83. The standard InChI is InChI=1S/C18H21NO4S/c1-18(5-6-24(21,22)11-18)19-17(20)9-14-10-23-16-8-13-4-2-3-12(13)7-15(14)16/h7-8,10H,2-6,9,11H2,1H3,(H,19,20)/t18-/m1/s1. The number of carbonyl (C=O) groups excluding carboxylic acids is 1. The van der Waals surface area contributed by atoms with Gasteiger partial charge in [0.1, 0.15) is 5.58 Å². The van der Waals surface area contributed by atoms with E-state index in [1.807, 2.05) is 0 Å². The molecule has 2 aromatic rings. The van der Waals surface area contributed by atoms with Crippen LogP contribution >= 0.6 is 0 Å². The van der Waals surface area contributed by atoms with E-state index in [1.54, 1.807) is 13.2 Å². The number of hydrogen-bond acceptors (Lipinski definition) is 4. The highest BCUT2D eigenvalue weighted by atomic mass is 32.2. The van der Waals surface area contributed by atoms with E-state index in [0.29, 0.717) is 6.42 Å². The Kier molecular flexibility index (Phi) is 3.49. The van der Waals surface area contributed by atoms with E-state index in [4.69, 9.17) is 4.42 Å². The minimum atomic E-state index is -3.04. The molecule has 0 bridgehead atoms. The number of hydrogen-bond donors (Lipinski definition) is 1. The lowest BCUT2D eigenvalue weighted by atomic mass is 10.0. The molecule has 1 fully saturated rings. The quantitative estimate of drug-likeness (QED) is 0.923. The van der Waals surface area contributed by atoms with Gasteiger partial charge in [-0.3, -0.25) is 4.79 Å². The van der Waals surface area contributed by atoms with Crippen LogP contribution in [-0.2, 0) is 33.9 Å². The van der Waals surface area contributed by atoms with E-state index < -0.39 is 15.4 Å². The van der Waals surface area contributed by atoms with Gasteiger partial charge in [-0.1, -0.05) is 0 Å². The van der Waals surface area contributed by atoms with Gasteiger partial charge in [-0.2, -0.15) is 0 Å². The SMILES string of the molecule is C[C@@]1(NC(=O)Cc2coc3cc4c(cc23)CCC4)CCS(=O)(=O)C1. The van der Waals surface area contributed by atoms with Gasteiger partial charge < -0.3 is 9.73 Å². The lowest BCUT2D eigenvalue weighted by Crippen LogP contribution is -2.47. The van der Waals surface area contributed by atoms with E-state index in [9.17, 15) is 13.2 Å². The molecule has 0 radical (unpaired) electrons. The molecule has 128 valence electrons. The second-order valence-corrected chi connectivity index (χ2v) is 9.54. The fraction of sp³-hybridized carbons (Fsp3) is 0.500. The van der Waals surface area contributed by atoms with Crippen LogP contribution in [0.3, 0.4) is 0 Å². The zero-order chi connectivity index (χ0) is 16.9. The molecule has 6 heteroatoms. The summed E-state index contributed by atoms with van der Waals surface area (Å²) in [6.07, 6.45) is 5.67. The normalized spacial score (nSPS) is 25.0. The van der Waals surface area contributed by atoms with Crippen molar-refractivity contribution >= 4 is 26.7 Å². The number of benzene rings is 1. The molecule has 1 saturated heterocycles.